The van der Waals surface area contributed by atoms with Crippen LogP contribution in [0.2, 0.25) is 0 Å². The molecule has 0 saturated carbocycles. The molecule has 0 N–H and O–H groups in total. The van der Waals surface area contributed by atoms with Crippen LogP contribution in [-0.2, 0) is 17.7 Å². The Balaban J connectivity index is 4.91. The van der Waals surface area contributed by atoms with Gasteiger partial charge in [-0.1, -0.05) is 0 Å². The lowest BCUT2D eigenvalue weighted by Crippen LogP contribution is -2.53. The first-order chi connectivity index (χ1) is 9.18. The first-order valence-corrected chi connectivity index (χ1v) is 6.49. The van der Waals surface area contributed by atoms with Crippen molar-refractivity contribution >= 4 is 9.05 Å². The van der Waals surface area contributed by atoms with Crippen LogP contribution in [0.25, 0.3) is 0 Å². The summed E-state index contributed by atoms with van der Waals surface area (Å²) in [4.78, 5) is 0. The second-order valence-electron chi connectivity index (χ2n) is 3.42. The van der Waals surface area contributed by atoms with Gasteiger partial charge >= 0.3 is 27.6 Å². The lowest BCUT2D eigenvalue weighted by Gasteiger charge is -2.27. The third-order valence-electron chi connectivity index (χ3n) is 1.49. The number of hydrogen-bond acceptors (Lipinski definition) is 4. The van der Waals surface area contributed by atoms with E-state index in [4.69, 9.17) is 0 Å². The van der Waals surface area contributed by atoms with Crippen molar-refractivity contribution < 1.29 is 57.2 Å². The Morgan fingerprint density at radius 3 is 1.00 bits per heavy atom. The van der Waals surface area contributed by atoms with Crippen LogP contribution in [0.5, 0.6) is 0 Å². The van der Waals surface area contributed by atoms with Crippen molar-refractivity contribution in [1.82, 2.24) is 0 Å². The van der Waals surface area contributed by atoms with Crippen LogP contribution in [0.15, 0.2) is 0 Å². The highest BCUT2D eigenvalue weighted by molar-refractivity contribution is 6.53. The van der Waals surface area contributed by atoms with E-state index >= 15 is 0 Å². The highest BCUT2D eigenvalue weighted by atomic mass is 28.4. The molecule has 0 aliphatic heterocycles. The van der Waals surface area contributed by atoms with Crippen molar-refractivity contribution in [2.75, 3.05) is 26.9 Å². The smallest absolute Gasteiger partial charge is 0.355 e. The summed E-state index contributed by atoms with van der Waals surface area (Å²) < 4.78 is 123. The minimum atomic E-state index is -5.26. The Morgan fingerprint density at radius 2 is 0.857 bits per heavy atom. The molecule has 0 bridgehead atoms. The molecule has 0 saturated heterocycles. The maximum absolute atomic E-state index is 12.0. The van der Waals surface area contributed by atoms with Gasteiger partial charge in [0.05, 0.1) is 0 Å². The molecule has 0 amide bonds. The average molecular weight is 356 g/mol. The van der Waals surface area contributed by atoms with E-state index in [0.29, 0.717) is 7.11 Å². The van der Waals surface area contributed by atoms with Gasteiger partial charge in [0.1, 0.15) is 19.8 Å². The fraction of sp³-hybridized carbons (Fsp3) is 1.00. The molecule has 0 radical (unpaired) electrons. The first kappa shape index (κ1) is 20.4. The first-order valence-electron chi connectivity index (χ1n) is 4.85. The molecule has 4 nitrogen and oxygen atoms in total. The maximum atomic E-state index is 12.0. The zero-order chi connectivity index (χ0) is 16.9. The summed E-state index contributed by atoms with van der Waals surface area (Å²) >= 11 is 0. The molecule has 0 fully saturated rings. The van der Waals surface area contributed by atoms with E-state index in [1.165, 1.54) is 0 Å². The molecule has 0 aromatic heterocycles. The second kappa shape index (κ2) is 7.13. The Hall–Kier alpha value is -0.573. The summed E-state index contributed by atoms with van der Waals surface area (Å²) in [7, 11) is -4.75. The van der Waals surface area contributed by atoms with E-state index in [-0.39, 0.29) is 0 Å². The van der Waals surface area contributed by atoms with Crippen molar-refractivity contribution in [3.8, 4) is 0 Å². The number of halogens is 9. The highest BCUT2D eigenvalue weighted by Gasteiger charge is 2.52. The quantitative estimate of drug-likeness (QED) is 0.519. The van der Waals surface area contributed by atoms with Gasteiger partial charge in [0.15, 0.2) is 0 Å². The molecule has 0 aliphatic rings. The predicted molar refractivity (Wildman–Crippen MR) is 48.8 cm³/mol. The van der Waals surface area contributed by atoms with Crippen LogP contribution in [-0.4, -0.2) is 54.5 Å². The Labute approximate surface area is 113 Å². The summed E-state index contributed by atoms with van der Waals surface area (Å²) in [5.41, 5.74) is 0. The molecule has 0 unspecified atom stereocenters. The third-order valence-corrected chi connectivity index (χ3v) is 3.48. The third kappa shape index (κ3) is 10.8. The normalized spacial score (nSPS) is 14.6. The number of rotatable bonds is 7. The molecule has 0 rings (SSSR count). The SMILES string of the molecule is CO[Si](OCC(F)(F)F)(OCC(F)(F)F)OCC(F)(F)F. The van der Waals surface area contributed by atoms with Crippen LogP contribution in [0.4, 0.5) is 39.5 Å². The minimum absolute atomic E-state index is 0.509. The monoisotopic (exact) mass is 356 g/mol. The van der Waals surface area contributed by atoms with E-state index in [9.17, 15) is 39.5 Å². The van der Waals surface area contributed by atoms with Crippen LogP contribution in [0, 0.1) is 0 Å². The van der Waals surface area contributed by atoms with Crippen molar-refractivity contribution in [3.05, 3.63) is 0 Å². The summed E-state index contributed by atoms with van der Waals surface area (Å²) in [6.45, 7) is -6.58. The summed E-state index contributed by atoms with van der Waals surface area (Å²) in [6, 6.07) is 0. The van der Waals surface area contributed by atoms with Gasteiger partial charge < -0.3 is 17.7 Å². The van der Waals surface area contributed by atoms with Gasteiger partial charge in [0.2, 0.25) is 0 Å². The van der Waals surface area contributed by atoms with Gasteiger partial charge in [-0.25, -0.2) is 0 Å². The van der Waals surface area contributed by atoms with Gasteiger partial charge in [-0.15, -0.1) is 0 Å². The molecular weight excluding hydrogens is 347 g/mol. The number of hydrogen-bond donors (Lipinski definition) is 0. The van der Waals surface area contributed by atoms with Crippen LogP contribution >= 0.6 is 0 Å². The fourth-order valence-corrected chi connectivity index (χ4v) is 2.44. The van der Waals surface area contributed by atoms with Gasteiger partial charge in [0, 0.05) is 7.11 Å². The standard InChI is InChI=1S/C7H9F9O4Si/c1-17-21(18-2-5(8,9)10,19-3-6(11,12)13)20-4-7(14,15)16/h2-4H2,1H3. The summed E-state index contributed by atoms with van der Waals surface area (Å²) in [5.74, 6) is 0. The van der Waals surface area contributed by atoms with Gasteiger partial charge in [-0.3, -0.25) is 0 Å². The molecule has 0 aromatic rings. The minimum Gasteiger partial charge on any atom is -0.355 e. The van der Waals surface area contributed by atoms with Gasteiger partial charge in [-0.05, 0) is 0 Å². The summed E-state index contributed by atoms with van der Waals surface area (Å²) in [6.07, 6.45) is -15.1. The molecule has 0 heterocycles. The average Bonchev–Trinajstić information content (AvgIpc) is 2.25. The molecule has 14 heteroatoms. The zero-order valence-electron chi connectivity index (χ0n) is 10.2. The van der Waals surface area contributed by atoms with Crippen molar-refractivity contribution in [2.24, 2.45) is 0 Å². The van der Waals surface area contributed by atoms with Gasteiger partial charge in [0.25, 0.3) is 0 Å². The van der Waals surface area contributed by atoms with Crippen LogP contribution in [0.1, 0.15) is 0 Å². The van der Waals surface area contributed by atoms with E-state index < -0.39 is 47.4 Å². The Kier molecular flexibility index (Phi) is 6.93. The molecule has 0 spiro atoms. The van der Waals surface area contributed by atoms with Crippen molar-refractivity contribution in [3.63, 3.8) is 0 Å². The van der Waals surface area contributed by atoms with E-state index in [0.717, 1.165) is 0 Å². The largest absolute Gasteiger partial charge is 0.680 e. The Bertz CT molecular complexity index is 267. The van der Waals surface area contributed by atoms with E-state index in [1.807, 2.05) is 0 Å². The summed E-state index contributed by atoms with van der Waals surface area (Å²) in [5, 5.41) is 0. The van der Waals surface area contributed by atoms with E-state index in [1.54, 1.807) is 0 Å². The van der Waals surface area contributed by atoms with E-state index in [2.05, 4.69) is 17.7 Å². The van der Waals surface area contributed by atoms with Crippen molar-refractivity contribution in [2.45, 2.75) is 18.5 Å². The molecule has 128 valence electrons. The lowest BCUT2D eigenvalue weighted by atomic mass is 10.7. The molecule has 0 aromatic carbocycles. The molecule has 21 heavy (non-hydrogen) atoms. The topological polar surface area (TPSA) is 36.9 Å². The highest BCUT2D eigenvalue weighted by Crippen LogP contribution is 2.25. The lowest BCUT2D eigenvalue weighted by molar-refractivity contribution is -0.208. The Morgan fingerprint density at radius 1 is 0.619 bits per heavy atom. The van der Waals surface area contributed by atoms with Crippen molar-refractivity contribution in [1.29, 1.82) is 0 Å². The fourth-order valence-electron chi connectivity index (χ4n) is 0.812. The molecular formula is C7H9F9O4Si. The van der Waals surface area contributed by atoms with Crippen LogP contribution < -0.4 is 0 Å². The zero-order valence-corrected chi connectivity index (χ0v) is 11.2. The number of alkyl halides is 9. The van der Waals surface area contributed by atoms with Gasteiger partial charge in [-0.2, -0.15) is 39.5 Å². The molecule has 0 aliphatic carbocycles. The van der Waals surface area contributed by atoms with Crippen LogP contribution in [0.3, 0.4) is 0 Å². The molecule has 0 atom stereocenters. The maximum Gasteiger partial charge on any atom is 0.680 e. The second-order valence-corrected chi connectivity index (χ2v) is 5.69. The predicted octanol–water partition coefficient (Wildman–Crippen LogP) is 2.81.